The van der Waals surface area contributed by atoms with Crippen LogP contribution in [-0.2, 0) is 6.42 Å². The molecule has 24 heavy (non-hydrogen) atoms. The molecule has 128 valence electrons. The van der Waals surface area contributed by atoms with Gasteiger partial charge in [-0.25, -0.2) is 0 Å². The van der Waals surface area contributed by atoms with Crippen molar-refractivity contribution in [3.05, 3.63) is 51.8 Å². The quantitative estimate of drug-likeness (QED) is 0.935. The van der Waals surface area contributed by atoms with E-state index in [1.54, 1.807) is 0 Å². The Labute approximate surface area is 140 Å². The first kappa shape index (κ1) is 16.4. The minimum absolute atomic E-state index is 0.0804. The fourth-order valence-electron chi connectivity index (χ4n) is 3.18. The highest BCUT2D eigenvalue weighted by Gasteiger charge is 2.32. The van der Waals surface area contributed by atoms with Crippen LogP contribution in [0.4, 0.5) is 0 Å². The predicted octanol–water partition coefficient (Wildman–Crippen LogP) is 2.91. The molecule has 0 bridgehead atoms. The van der Waals surface area contributed by atoms with Crippen LogP contribution < -0.4 is 10.3 Å². The van der Waals surface area contributed by atoms with Crippen LogP contribution in [0.1, 0.15) is 54.1 Å². The Morgan fingerprint density at radius 1 is 1.42 bits per heavy atom. The maximum Gasteiger partial charge on any atom is 0.259 e. The minimum atomic E-state index is -0.294. The van der Waals surface area contributed by atoms with Gasteiger partial charge in [-0.2, -0.15) is 0 Å². The number of aryl methyl sites for hydroxylation is 1. The van der Waals surface area contributed by atoms with Crippen molar-refractivity contribution >= 4 is 5.91 Å². The molecule has 1 atom stereocenters. The molecule has 2 aromatic rings. The second-order valence-electron chi connectivity index (χ2n) is 5.95. The van der Waals surface area contributed by atoms with Gasteiger partial charge in [0.05, 0.1) is 18.7 Å². The molecule has 1 fully saturated rings. The van der Waals surface area contributed by atoms with Crippen molar-refractivity contribution in [2.24, 2.45) is 0 Å². The van der Waals surface area contributed by atoms with Crippen LogP contribution in [0.3, 0.4) is 0 Å². The summed E-state index contributed by atoms with van der Waals surface area (Å²) in [6.07, 6.45) is 5.13. The van der Waals surface area contributed by atoms with E-state index in [4.69, 9.17) is 9.15 Å². The SMILES string of the molecule is CCc1ccc([C@@H]2CCCCN2C(=O)c2c[nH]c(=O)cc2OC)o1. The number of aromatic nitrogens is 1. The predicted molar refractivity (Wildman–Crippen MR) is 89.3 cm³/mol. The lowest BCUT2D eigenvalue weighted by atomic mass is 9.99. The second-order valence-corrected chi connectivity index (χ2v) is 5.95. The average Bonchev–Trinajstić information content (AvgIpc) is 3.10. The number of aromatic amines is 1. The largest absolute Gasteiger partial charge is 0.496 e. The van der Waals surface area contributed by atoms with Gasteiger partial charge in [-0.3, -0.25) is 9.59 Å². The van der Waals surface area contributed by atoms with Crippen LogP contribution in [-0.4, -0.2) is 29.4 Å². The molecule has 1 amide bonds. The second kappa shape index (κ2) is 6.95. The number of H-pyrrole nitrogens is 1. The normalized spacial score (nSPS) is 17.8. The molecule has 1 N–H and O–H groups in total. The molecule has 0 spiro atoms. The number of methoxy groups -OCH3 is 1. The first-order valence-electron chi connectivity index (χ1n) is 8.30. The number of rotatable bonds is 4. The lowest BCUT2D eigenvalue weighted by Gasteiger charge is -2.34. The van der Waals surface area contributed by atoms with Gasteiger partial charge in [0.25, 0.3) is 11.5 Å². The molecule has 3 heterocycles. The molecule has 0 saturated carbocycles. The van der Waals surface area contributed by atoms with Gasteiger partial charge in [-0.1, -0.05) is 6.92 Å². The zero-order chi connectivity index (χ0) is 17.1. The Morgan fingerprint density at radius 3 is 2.96 bits per heavy atom. The highest BCUT2D eigenvalue weighted by atomic mass is 16.5. The lowest BCUT2D eigenvalue weighted by Crippen LogP contribution is -2.38. The Morgan fingerprint density at radius 2 is 2.25 bits per heavy atom. The van der Waals surface area contributed by atoms with E-state index in [-0.39, 0.29) is 17.5 Å². The highest BCUT2D eigenvalue weighted by molar-refractivity contribution is 5.96. The van der Waals surface area contributed by atoms with Gasteiger partial charge in [0, 0.05) is 25.2 Å². The van der Waals surface area contributed by atoms with E-state index in [1.165, 1.54) is 19.4 Å². The van der Waals surface area contributed by atoms with Crippen LogP contribution in [0.5, 0.6) is 5.75 Å². The van der Waals surface area contributed by atoms with E-state index in [0.29, 0.717) is 17.9 Å². The zero-order valence-electron chi connectivity index (χ0n) is 14.0. The molecule has 2 aromatic heterocycles. The third-order valence-electron chi connectivity index (χ3n) is 4.46. The average molecular weight is 330 g/mol. The summed E-state index contributed by atoms with van der Waals surface area (Å²) < 4.78 is 11.1. The summed E-state index contributed by atoms with van der Waals surface area (Å²) in [6, 6.07) is 5.14. The van der Waals surface area contributed by atoms with Crippen LogP contribution in [0.2, 0.25) is 0 Å². The van der Waals surface area contributed by atoms with E-state index in [0.717, 1.165) is 37.2 Å². The van der Waals surface area contributed by atoms with Gasteiger partial charge in [0.2, 0.25) is 0 Å². The third-order valence-corrected chi connectivity index (χ3v) is 4.46. The molecule has 1 aliphatic heterocycles. The fourth-order valence-corrected chi connectivity index (χ4v) is 3.18. The van der Waals surface area contributed by atoms with E-state index >= 15 is 0 Å². The zero-order valence-corrected chi connectivity index (χ0v) is 14.0. The Balaban J connectivity index is 1.93. The van der Waals surface area contributed by atoms with Crippen molar-refractivity contribution in [3.8, 4) is 5.75 Å². The molecule has 0 unspecified atom stereocenters. The number of carbonyl (C=O) groups excluding carboxylic acids is 1. The highest BCUT2D eigenvalue weighted by Crippen LogP contribution is 2.34. The lowest BCUT2D eigenvalue weighted by molar-refractivity contribution is 0.0575. The number of piperidine rings is 1. The number of nitrogens with one attached hydrogen (secondary N) is 1. The molecule has 3 rings (SSSR count). The van der Waals surface area contributed by atoms with Crippen molar-refractivity contribution in [1.82, 2.24) is 9.88 Å². The molecule has 6 nitrogen and oxygen atoms in total. The van der Waals surface area contributed by atoms with E-state index in [2.05, 4.69) is 4.98 Å². The first-order valence-corrected chi connectivity index (χ1v) is 8.30. The number of pyridine rings is 1. The van der Waals surface area contributed by atoms with Crippen molar-refractivity contribution < 1.29 is 13.9 Å². The van der Waals surface area contributed by atoms with E-state index in [1.807, 2.05) is 24.0 Å². The van der Waals surface area contributed by atoms with Crippen LogP contribution in [0.15, 0.2) is 33.6 Å². The van der Waals surface area contributed by atoms with E-state index in [9.17, 15) is 9.59 Å². The summed E-state index contributed by atoms with van der Waals surface area (Å²) in [5.74, 6) is 1.89. The molecular formula is C18H22N2O4. The number of hydrogen-bond acceptors (Lipinski definition) is 4. The van der Waals surface area contributed by atoms with Crippen molar-refractivity contribution in [1.29, 1.82) is 0 Å². The van der Waals surface area contributed by atoms with E-state index < -0.39 is 0 Å². The third kappa shape index (κ3) is 3.09. The smallest absolute Gasteiger partial charge is 0.259 e. The molecular weight excluding hydrogens is 308 g/mol. The number of hydrogen-bond donors (Lipinski definition) is 1. The van der Waals surface area contributed by atoms with Gasteiger partial charge in [-0.15, -0.1) is 0 Å². The van der Waals surface area contributed by atoms with Crippen LogP contribution in [0.25, 0.3) is 0 Å². The molecule has 6 heteroatoms. The Kier molecular flexibility index (Phi) is 4.74. The van der Waals surface area contributed by atoms with Gasteiger partial charge < -0.3 is 19.0 Å². The summed E-state index contributed by atoms with van der Waals surface area (Å²) in [6.45, 7) is 2.70. The van der Waals surface area contributed by atoms with Gasteiger partial charge >= 0.3 is 0 Å². The molecule has 0 radical (unpaired) electrons. The molecule has 0 aromatic carbocycles. The molecule has 1 saturated heterocycles. The number of carbonyl (C=O) groups is 1. The minimum Gasteiger partial charge on any atom is -0.496 e. The van der Waals surface area contributed by atoms with Crippen LogP contribution >= 0.6 is 0 Å². The van der Waals surface area contributed by atoms with Gasteiger partial charge in [0.1, 0.15) is 17.3 Å². The standard InChI is InChI=1S/C18H22N2O4/c1-3-12-7-8-15(24-12)14-6-4-5-9-20(14)18(22)13-11-19-17(21)10-16(13)23-2/h7-8,10-11,14H,3-6,9H2,1-2H3,(H,19,21)/t14-/m0/s1. The number of furan rings is 1. The number of amides is 1. The Hall–Kier alpha value is -2.50. The van der Waals surface area contributed by atoms with Crippen molar-refractivity contribution in [2.45, 2.75) is 38.6 Å². The maximum absolute atomic E-state index is 13.0. The first-order chi connectivity index (χ1) is 11.6. The summed E-state index contributed by atoms with van der Waals surface area (Å²) in [7, 11) is 1.46. The summed E-state index contributed by atoms with van der Waals surface area (Å²) >= 11 is 0. The number of nitrogens with zero attached hydrogens (tertiary/aromatic N) is 1. The van der Waals surface area contributed by atoms with Gasteiger partial charge in [0.15, 0.2) is 0 Å². The van der Waals surface area contributed by atoms with Crippen molar-refractivity contribution in [2.75, 3.05) is 13.7 Å². The number of likely N-dealkylation sites (tertiary alicyclic amines) is 1. The summed E-state index contributed by atoms with van der Waals surface area (Å²) in [5.41, 5.74) is 0.0727. The van der Waals surface area contributed by atoms with Crippen molar-refractivity contribution in [3.63, 3.8) is 0 Å². The number of ether oxygens (including phenoxy) is 1. The molecule has 1 aliphatic rings. The fraction of sp³-hybridized carbons (Fsp3) is 0.444. The maximum atomic E-state index is 13.0. The van der Waals surface area contributed by atoms with Crippen LogP contribution in [0, 0.1) is 0 Å². The Bertz CT molecular complexity index is 777. The topological polar surface area (TPSA) is 75.5 Å². The summed E-state index contributed by atoms with van der Waals surface area (Å²) in [5, 5.41) is 0. The van der Waals surface area contributed by atoms with Gasteiger partial charge in [-0.05, 0) is 31.4 Å². The molecule has 0 aliphatic carbocycles. The monoisotopic (exact) mass is 330 g/mol. The summed E-state index contributed by atoms with van der Waals surface area (Å²) in [4.78, 5) is 28.9.